The molecule has 0 unspecified atom stereocenters. The molecule has 0 aliphatic rings. The van der Waals surface area contributed by atoms with E-state index in [-0.39, 0.29) is 6.29 Å². The van der Waals surface area contributed by atoms with Gasteiger partial charge in [-0.3, -0.25) is 4.98 Å². The Labute approximate surface area is 116 Å². The quantitative estimate of drug-likeness (QED) is 0.644. The average Bonchev–Trinajstić information content (AvgIpc) is 2.36. The molecule has 1 rings (SSSR count). The van der Waals surface area contributed by atoms with E-state index in [4.69, 9.17) is 9.47 Å². The third-order valence-electron chi connectivity index (χ3n) is 2.83. The van der Waals surface area contributed by atoms with Crippen LogP contribution < -0.4 is 0 Å². The van der Waals surface area contributed by atoms with E-state index in [1.165, 1.54) is 0 Å². The zero-order chi connectivity index (χ0) is 14.1. The Kier molecular flexibility index (Phi) is 7.63. The van der Waals surface area contributed by atoms with Crippen LogP contribution in [0.3, 0.4) is 0 Å². The normalized spacial score (nSPS) is 11.5. The van der Waals surface area contributed by atoms with Crippen LogP contribution in [0.15, 0.2) is 18.2 Å². The van der Waals surface area contributed by atoms with Gasteiger partial charge in [0.15, 0.2) is 6.29 Å². The monoisotopic (exact) mass is 266 g/mol. The third kappa shape index (κ3) is 6.66. The minimum absolute atomic E-state index is 0.0945. The minimum Gasteiger partial charge on any atom is -0.353 e. The topological polar surface area (TPSA) is 34.6 Å². The highest BCUT2D eigenvalue weighted by atomic mass is 16.7. The first-order valence-electron chi connectivity index (χ1n) is 7.00. The molecule has 0 spiro atoms. The molecule has 1 aromatic rings. The first-order chi connectivity index (χ1) is 9.15. The molecule has 1 aromatic heterocycles. The average molecular weight is 266 g/mol. The molecule has 108 valence electrons. The van der Waals surface area contributed by atoms with Crippen LogP contribution in [-0.2, 0) is 16.0 Å². The first kappa shape index (κ1) is 16.1. The predicted molar refractivity (Wildman–Crippen MR) is 77.0 cm³/mol. The van der Waals surface area contributed by atoms with Crippen LogP contribution in [0.2, 0.25) is 0 Å². The summed E-state index contributed by atoms with van der Waals surface area (Å²) < 4.78 is 11.1. The Morgan fingerprint density at radius 3 is 2.47 bits per heavy atom. The fourth-order valence-corrected chi connectivity index (χ4v) is 1.96. The van der Waals surface area contributed by atoms with Crippen molar-refractivity contribution in [3.05, 3.63) is 29.6 Å². The molecule has 4 heteroatoms. The lowest BCUT2D eigenvalue weighted by Crippen LogP contribution is -2.26. The summed E-state index contributed by atoms with van der Waals surface area (Å²) in [5.74, 6) is 0. The maximum atomic E-state index is 5.54. The Morgan fingerprint density at radius 2 is 1.89 bits per heavy atom. The van der Waals surface area contributed by atoms with Crippen molar-refractivity contribution < 1.29 is 9.47 Å². The van der Waals surface area contributed by atoms with Crippen molar-refractivity contribution in [2.75, 3.05) is 26.8 Å². The third-order valence-corrected chi connectivity index (χ3v) is 2.83. The summed E-state index contributed by atoms with van der Waals surface area (Å²) in [5.41, 5.74) is 2.17. The van der Waals surface area contributed by atoms with Crippen LogP contribution >= 0.6 is 0 Å². The molecule has 19 heavy (non-hydrogen) atoms. The summed E-state index contributed by atoms with van der Waals surface area (Å²) in [5, 5.41) is 0. The molecule has 0 aliphatic heterocycles. The summed E-state index contributed by atoms with van der Waals surface area (Å²) in [7, 11) is 2.10. The molecule has 0 fully saturated rings. The number of hydrogen-bond donors (Lipinski definition) is 0. The van der Waals surface area contributed by atoms with Crippen LogP contribution in [-0.4, -0.2) is 43.0 Å². The molecule has 0 amide bonds. The van der Waals surface area contributed by atoms with Crippen LogP contribution in [0.1, 0.15) is 31.7 Å². The molecular weight excluding hydrogens is 240 g/mol. The van der Waals surface area contributed by atoms with E-state index in [0.29, 0.717) is 13.2 Å². The maximum Gasteiger partial charge on any atom is 0.158 e. The van der Waals surface area contributed by atoms with E-state index in [2.05, 4.69) is 29.1 Å². The maximum absolute atomic E-state index is 5.54. The summed E-state index contributed by atoms with van der Waals surface area (Å²) in [6.45, 7) is 9.16. The Balaban J connectivity index is 2.35. The molecule has 0 aliphatic carbocycles. The Bertz CT molecular complexity index is 352. The number of aromatic nitrogens is 1. The number of ether oxygens (including phenoxy) is 2. The van der Waals surface area contributed by atoms with E-state index in [0.717, 1.165) is 30.9 Å². The number of rotatable bonds is 9. The standard InChI is InChI=1S/C15H26N2O2/c1-5-18-15(19-6-2)10-11-17(4)12-14-9-7-8-13(3)16-14/h7-9,15H,5-6,10-12H2,1-4H3. The summed E-state index contributed by atoms with van der Waals surface area (Å²) >= 11 is 0. The van der Waals surface area contributed by atoms with Crippen LogP contribution in [0, 0.1) is 6.92 Å². The molecule has 0 aromatic carbocycles. The van der Waals surface area contributed by atoms with E-state index in [9.17, 15) is 0 Å². The molecule has 1 heterocycles. The smallest absolute Gasteiger partial charge is 0.158 e. The van der Waals surface area contributed by atoms with Crippen LogP contribution in [0.4, 0.5) is 0 Å². The van der Waals surface area contributed by atoms with Gasteiger partial charge in [-0.1, -0.05) is 6.07 Å². The highest BCUT2D eigenvalue weighted by Crippen LogP contribution is 2.06. The van der Waals surface area contributed by atoms with Gasteiger partial charge in [-0.05, 0) is 40.0 Å². The van der Waals surface area contributed by atoms with Crippen molar-refractivity contribution in [3.8, 4) is 0 Å². The molecule has 0 N–H and O–H groups in total. The lowest BCUT2D eigenvalue weighted by molar-refractivity contribution is -0.141. The van der Waals surface area contributed by atoms with E-state index in [1.807, 2.05) is 26.8 Å². The van der Waals surface area contributed by atoms with Crippen LogP contribution in [0.25, 0.3) is 0 Å². The summed E-state index contributed by atoms with van der Waals surface area (Å²) in [6.07, 6.45) is 0.784. The number of hydrogen-bond acceptors (Lipinski definition) is 4. The van der Waals surface area contributed by atoms with Gasteiger partial charge in [-0.25, -0.2) is 0 Å². The fraction of sp³-hybridized carbons (Fsp3) is 0.667. The fourth-order valence-electron chi connectivity index (χ4n) is 1.96. The van der Waals surface area contributed by atoms with Gasteiger partial charge in [0.2, 0.25) is 0 Å². The zero-order valence-electron chi connectivity index (χ0n) is 12.6. The van der Waals surface area contributed by atoms with Crippen molar-refractivity contribution in [1.82, 2.24) is 9.88 Å². The van der Waals surface area contributed by atoms with Crippen molar-refractivity contribution in [3.63, 3.8) is 0 Å². The van der Waals surface area contributed by atoms with E-state index >= 15 is 0 Å². The zero-order valence-corrected chi connectivity index (χ0v) is 12.6. The molecule has 0 atom stereocenters. The highest BCUT2D eigenvalue weighted by molar-refractivity contribution is 5.09. The summed E-state index contributed by atoms with van der Waals surface area (Å²) in [4.78, 5) is 6.75. The van der Waals surface area contributed by atoms with Gasteiger partial charge in [0.05, 0.1) is 5.69 Å². The second kappa shape index (κ2) is 9.02. The Morgan fingerprint density at radius 1 is 1.21 bits per heavy atom. The van der Waals surface area contributed by atoms with Crippen molar-refractivity contribution in [2.24, 2.45) is 0 Å². The number of pyridine rings is 1. The second-order valence-corrected chi connectivity index (χ2v) is 4.64. The first-order valence-corrected chi connectivity index (χ1v) is 7.00. The molecule has 0 radical (unpaired) electrons. The second-order valence-electron chi connectivity index (χ2n) is 4.64. The van der Waals surface area contributed by atoms with Crippen molar-refractivity contribution in [1.29, 1.82) is 0 Å². The molecule has 0 bridgehead atoms. The largest absolute Gasteiger partial charge is 0.353 e. The van der Waals surface area contributed by atoms with E-state index < -0.39 is 0 Å². The highest BCUT2D eigenvalue weighted by Gasteiger charge is 2.10. The van der Waals surface area contributed by atoms with Crippen LogP contribution in [0.5, 0.6) is 0 Å². The van der Waals surface area contributed by atoms with Gasteiger partial charge < -0.3 is 14.4 Å². The lowest BCUT2D eigenvalue weighted by atomic mass is 10.3. The van der Waals surface area contributed by atoms with Crippen molar-refractivity contribution >= 4 is 0 Å². The van der Waals surface area contributed by atoms with Crippen molar-refractivity contribution in [2.45, 2.75) is 40.0 Å². The molecular formula is C15H26N2O2. The minimum atomic E-state index is -0.0945. The lowest BCUT2D eigenvalue weighted by Gasteiger charge is -2.21. The van der Waals surface area contributed by atoms with Gasteiger partial charge in [-0.2, -0.15) is 0 Å². The molecule has 4 nitrogen and oxygen atoms in total. The molecule has 0 saturated heterocycles. The Hall–Kier alpha value is -0.970. The SMILES string of the molecule is CCOC(CCN(C)Cc1cccc(C)n1)OCC. The summed E-state index contributed by atoms with van der Waals surface area (Å²) in [6, 6.07) is 6.13. The predicted octanol–water partition coefficient (Wildman–Crippen LogP) is 2.61. The number of aryl methyl sites for hydroxylation is 1. The van der Waals surface area contributed by atoms with Gasteiger partial charge in [0, 0.05) is 38.4 Å². The van der Waals surface area contributed by atoms with Gasteiger partial charge in [0.1, 0.15) is 0 Å². The van der Waals surface area contributed by atoms with Gasteiger partial charge in [0.25, 0.3) is 0 Å². The number of nitrogens with zero attached hydrogens (tertiary/aromatic N) is 2. The van der Waals surface area contributed by atoms with Gasteiger partial charge >= 0.3 is 0 Å². The van der Waals surface area contributed by atoms with Gasteiger partial charge in [-0.15, -0.1) is 0 Å². The van der Waals surface area contributed by atoms with E-state index in [1.54, 1.807) is 0 Å². The molecule has 0 saturated carbocycles.